The second-order valence-corrected chi connectivity index (χ2v) is 5.91. The zero-order valence-electron chi connectivity index (χ0n) is 12.0. The molecule has 3 aromatic rings. The number of aliphatic hydroxyl groups excluding tert-OH is 1. The number of nitrogens with zero attached hydrogens (tertiary/aromatic N) is 5. The van der Waals surface area contributed by atoms with Gasteiger partial charge in [0, 0.05) is 11.9 Å². The van der Waals surface area contributed by atoms with Crippen LogP contribution in [0, 0.1) is 6.92 Å². The smallest absolute Gasteiger partial charge is 0.163 e. The molecule has 0 unspecified atom stereocenters. The van der Waals surface area contributed by atoms with E-state index in [-0.39, 0.29) is 6.61 Å². The van der Waals surface area contributed by atoms with Gasteiger partial charge < -0.3 is 10.0 Å². The van der Waals surface area contributed by atoms with Crippen molar-refractivity contribution in [3.63, 3.8) is 0 Å². The van der Waals surface area contributed by atoms with Crippen molar-refractivity contribution in [2.75, 3.05) is 18.6 Å². The lowest BCUT2D eigenvalue weighted by molar-refractivity contribution is 0.271. The Hall–Kier alpha value is -1.99. The highest BCUT2D eigenvalue weighted by Crippen LogP contribution is 2.25. The third-order valence-electron chi connectivity index (χ3n) is 3.43. The Morgan fingerprint density at radius 1 is 1.38 bits per heavy atom. The Kier molecular flexibility index (Phi) is 3.85. The van der Waals surface area contributed by atoms with Gasteiger partial charge in [-0.25, -0.2) is 14.6 Å². The Labute approximate surface area is 126 Å². The fourth-order valence-corrected chi connectivity index (χ4v) is 3.26. The van der Waals surface area contributed by atoms with E-state index < -0.39 is 0 Å². The van der Waals surface area contributed by atoms with Crippen molar-refractivity contribution < 1.29 is 5.11 Å². The van der Waals surface area contributed by atoms with Crippen molar-refractivity contribution in [3.05, 3.63) is 34.4 Å². The topological polar surface area (TPSA) is 67.1 Å². The molecule has 3 rings (SSSR count). The number of thiophene rings is 1. The summed E-state index contributed by atoms with van der Waals surface area (Å²) in [4.78, 5) is 12.1. The molecule has 0 bridgehead atoms. The zero-order chi connectivity index (χ0) is 14.8. The monoisotopic (exact) mass is 303 g/mol. The highest BCUT2D eigenvalue weighted by Gasteiger charge is 2.14. The van der Waals surface area contributed by atoms with Crippen LogP contribution < -0.4 is 4.90 Å². The predicted molar refractivity (Wildman–Crippen MR) is 83.6 cm³/mol. The quantitative estimate of drug-likeness (QED) is 0.779. The number of hydrogen-bond acceptors (Lipinski definition) is 6. The van der Waals surface area contributed by atoms with E-state index in [0.717, 1.165) is 23.4 Å². The largest absolute Gasteiger partial charge is 0.394 e. The number of rotatable bonds is 5. The summed E-state index contributed by atoms with van der Waals surface area (Å²) in [6.45, 7) is 3.41. The fraction of sp³-hybridized carbons (Fsp3) is 0.357. The van der Waals surface area contributed by atoms with Crippen LogP contribution in [-0.4, -0.2) is 38.5 Å². The minimum Gasteiger partial charge on any atom is -0.394 e. The van der Waals surface area contributed by atoms with Gasteiger partial charge in [0.1, 0.15) is 12.1 Å². The van der Waals surface area contributed by atoms with Gasteiger partial charge in [0.2, 0.25) is 0 Å². The molecule has 0 aliphatic heterocycles. The van der Waals surface area contributed by atoms with Crippen molar-refractivity contribution in [1.82, 2.24) is 19.7 Å². The van der Waals surface area contributed by atoms with E-state index >= 15 is 0 Å². The fourth-order valence-electron chi connectivity index (χ4n) is 2.30. The van der Waals surface area contributed by atoms with Gasteiger partial charge in [-0.05, 0) is 23.9 Å². The molecule has 0 aliphatic carbocycles. The molecule has 0 amide bonds. The molecule has 0 saturated heterocycles. The van der Waals surface area contributed by atoms with Crippen LogP contribution in [0.1, 0.15) is 10.4 Å². The summed E-state index contributed by atoms with van der Waals surface area (Å²) in [6, 6.07) is 2.13. The number of hydrogen-bond donors (Lipinski definition) is 1. The zero-order valence-corrected chi connectivity index (χ0v) is 12.8. The van der Waals surface area contributed by atoms with Crippen LogP contribution >= 0.6 is 11.3 Å². The van der Waals surface area contributed by atoms with Crippen molar-refractivity contribution in [3.8, 4) is 0 Å². The summed E-state index contributed by atoms with van der Waals surface area (Å²) < 4.78 is 1.70. The Balaban J connectivity index is 1.94. The molecule has 110 valence electrons. The molecule has 0 aromatic carbocycles. The van der Waals surface area contributed by atoms with Gasteiger partial charge >= 0.3 is 0 Å². The SMILES string of the molecule is Cc1ccsc1CN(C)c1ncnc2c1cnn2CCO. The first-order valence-corrected chi connectivity index (χ1v) is 7.60. The third kappa shape index (κ3) is 2.62. The second-order valence-electron chi connectivity index (χ2n) is 4.91. The van der Waals surface area contributed by atoms with Crippen molar-refractivity contribution in [2.24, 2.45) is 0 Å². The Morgan fingerprint density at radius 3 is 2.95 bits per heavy atom. The average molecular weight is 303 g/mol. The maximum Gasteiger partial charge on any atom is 0.163 e. The molecular formula is C14H17N5OS. The van der Waals surface area contributed by atoms with E-state index in [0.29, 0.717) is 6.54 Å². The highest BCUT2D eigenvalue weighted by atomic mass is 32.1. The number of aromatic nitrogens is 4. The molecule has 0 saturated carbocycles. The van der Waals surface area contributed by atoms with Gasteiger partial charge in [0.05, 0.1) is 31.3 Å². The summed E-state index contributed by atoms with van der Waals surface area (Å²) in [5.74, 6) is 0.858. The lowest BCUT2D eigenvalue weighted by atomic mass is 10.2. The van der Waals surface area contributed by atoms with E-state index in [1.165, 1.54) is 10.4 Å². The first-order valence-electron chi connectivity index (χ1n) is 6.72. The lowest BCUT2D eigenvalue weighted by Crippen LogP contribution is -2.18. The molecule has 0 spiro atoms. The summed E-state index contributed by atoms with van der Waals surface area (Å²) in [5.41, 5.74) is 2.05. The minimum absolute atomic E-state index is 0.0420. The molecular weight excluding hydrogens is 286 g/mol. The molecule has 7 heteroatoms. The molecule has 0 aliphatic rings. The van der Waals surface area contributed by atoms with Crippen LogP contribution in [0.2, 0.25) is 0 Å². The number of fused-ring (bicyclic) bond motifs is 1. The van der Waals surface area contributed by atoms with E-state index in [4.69, 9.17) is 5.11 Å². The van der Waals surface area contributed by atoms with Crippen LogP contribution in [0.25, 0.3) is 11.0 Å². The molecule has 0 radical (unpaired) electrons. The van der Waals surface area contributed by atoms with E-state index in [1.807, 2.05) is 7.05 Å². The van der Waals surface area contributed by atoms with Crippen molar-refractivity contribution in [1.29, 1.82) is 0 Å². The number of aliphatic hydroxyl groups is 1. The van der Waals surface area contributed by atoms with Crippen molar-refractivity contribution >= 4 is 28.2 Å². The molecule has 21 heavy (non-hydrogen) atoms. The van der Waals surface area contributed by atoms with Gasteiger partial charge in [-0.2, -0.15) is 5.10 Å². The summed E-state index contributed by atoms with van der Waals surface area (Å²) in [5, 5.41) is 16.3. The molecule has 3 heterocycles. The van der Waals surface area contributed by atoms with Gasteiger partial charge in [-0.15, -0.1) is 11.3 Å². The van der Waals surface area contributed by atoms with Crippen molar-refractivity contribution in [2.45, 2.75) is 20.0 Å². The van der Waals surface area contributed by atoms with Crippen LogP contribution in [-0.2, 0) is 13.1 Å². The van der Waals surface area contributed by atoms with Gasteiger partial charge in [-0.1, -0.05) is 0 Å². The number of aryl methyl sites for hydroxylation is 1. The van der Waals surface area contributed by atoms with E-state index in [1.54, 1.807) is 28.5 Å². The molecule has 0 fully saturated rings. The normalized spacial score (nSPS) is 11.2. The maximum absolute atomic E-state index is 9.06. The summed E-state index contributed by atoms with van der Waals surface area (Å²) in [6.07, 6.45) is 3.31. The molecule has 3 aromatic heterocycles. The number of anilines is 1. The summed E-state index contributed by atoms with van der Waals surface area (Å²) in [7, 11) is 2.02. The van der Waals surface area contributed by atoms with Gasteiger partial charge in [0.25, 0.3) is 0 Å². The third-order valence-corrected chi connectivity index (χ3v) is 4.44. The predicted octanol–water partition coefficient (Wildman–Crippen LogP) is 1.82. The van der Waals surface area contributed by atoms with Gasteiger partial charge in [0.15, 0.2) is 5.65 Å². The second kappa shape index (κ2) is 5.79. The average Bonchev–Trinajstić information content (AvgIpc) is 3.07. The first-order chi connectivity index (χ1) is 10.2. The van der Waals surface area contributed by atoms with E-state index in [9.17, 15) is 0 Å². The Bertz CT molecular complexity index is 751. The maximum atomic E-state index is 9.06. The summed E-state index contributed by atoms with van der Waals surface area (Å²) >= 11 is 1.75. The molecule has 6 nitrogen and oxygen atoms in total. The lowest BCUT2D eigenvalue weighted by Gasteiger charge is -2.18. The van der Waals surface area contributed by atoms with Crippen LogP contribution in [0.4, 0.5) is 5.82 Å². The first kappa shape index (κ1) is 14.0. The standard InChI is InChI=1S/C14H17N5OS/c1-10-3-6-21-12(10)8-18(2)13-11-7-17-19(4-5-20)14(11)16-9-15-13/h3,6-7,9,20H,4-5,8H2,1-2H3. The van der Waals surface area contributed by atoms with Crippen LogP contribution in [0.3, 0.4) is 0 Å². The molecule has 1 N–H and O–H groups in total. The van der Waals surface area contributed by atoms with Crippen LogP contribution in [0.15, 0.2) is 24.0 Å². The Morgan fingerprint density at radius 2 is 2.24 bits per heavy atom. The van der Waals surface area contributed by atoms with Crippen LogP contribution in [0.5, 0.6) is 0 Å². The molecule has 0 atom stereocenters. The van der Waals surface area contributed by atoms with Gasteiger partial charge in [-0.3, -0.25) is 0 Å². The highest BCUT2D eigenvalue weighted by molar-refractivity contribution is 7.10. The minimum atomic E-state index is 0.0420. The van der Waals surface area contributed by atoms with E-state index in [2.05, 4.69) is 38.3 Å².